The minimum Gasteiger partial charge on any atom is -0.369 e. The second-order valence-electron chi connectivity index (χ2n) is 4.57. The standard InChI is InChI=1S/C13H18N2OS2/c16-12(14-9-11-7-4-8-18-11)13(17)15-10-5-2-1-3-6-10/h4,7-8,10H,1-3,5-6,9H2,(H,14,16)(H,15,17). The van der Waals surface area contributed by atoms with Crippen LogP contribution in [0.25, 0.3) is 0 Å². The Balaban J connectivity index is 1.72. The van der Waals surface area contributed by atoms with Gasteiger partial charge in [0, 0.05) is 10.9 Å². The van der Waals surface area contributed by atoms with Crippen molar-refractivity contribution >= 4 is 34.5 Å². The van der Waals surface area contributed by atoms with Gasteiger partial charge in [0.15, 0.2) is 4.99 Å². The SMILES string of the molecule is O=C(NCc1cccs1)C(=S)NC1CCCCC1. The third-order valence-corrected chi connectivity index (χ3v) is 4.33. The van der Waals surface area contributed by atoms with Gasteiger partial charge in [0.1, 0.15) is 0 Å². The number of carbonyl (C=O) groups is 1. The number of hydrogen-bond donors (Lipinski definition) is 2. The van der Waals surface area contributed by atoms with E-state index in [9.17, 15) is 4.79 Å². The van der Waals surface area contributed by atoms with E-state index in [1.54, 1.807) is 11.3 Å². The van der Waals surface area contributed by atoms with Crippen LogP contribution in [0.1, 0.15) is 37.0 Å². The van der Waals surface area contributed by atoms with Crippen LogP contribution in [0.4, 0.5) is 0 Å². The summed E-state index contributed by atoms with van der Waals surface area (Å²) >= 11 is 6.77. The zero-order valence-electron chi connectivity index (χ0n) is 10.3. The van der Waals surface area contributed by atoms with Crippen molar-refractivity contribution in [3.05, 3.63) is 22.4 Å². The van der Waals surface area contributed by atoms with Gasteiger partial charge < -0.3 is 10.6 Å². The second-order valence-corrected chi connectivity index (χ2v) is 6.01. The van der Waals surface area contributed by atoms with Crippen LogP contribution >= 0.6 is 23.6 Å². The van der Waals surface area contributed by atoms with Gasteiger partial charge in [0.2, 0.25) is 0 Å². The lowest BCUT2D eigenvalue weighted by Crippen LogP contribution is -2.43. The first kappa shape index (κ1) is 13.5. The fourth-order valence-corrected chi connectivity index (χ4v) is 3.04. The molecule has 1 fully saturated rings. The molecule has 3 nitrogen and oxygen atoms in total. The summed E-state index contributed by atoms with van der Waals surface area (Å²) in [5.74, 6) is -0.163. The summed E-state index contributed by atoms with van der Waals surface area (Å²) in [4.78, 5) is 13.3. The third-order valence-electron chi connectivity index (χ3n) is 3.15. The molecule has 0 unspecified atom stereocenters. The smallest absolute Gasteiger partial charge is 0.278 e. The van der Waals surface area contributed by atoms with Crippen molar-refractivity contribution in [3.63, 3.8) is 0 Å². The van der Waals surface area contributed by atoms with Crippen molar-refractivity contribution in [2.75, 3.05) is 0 Å². The Bertz CT molecular complexity index is 397. The molecule has 0 radical (unpaired) electrons. The maximum Gasteiger partial charge on any atom is 0.278 e. The molecule has 1 aromatic rings. The number of hydrogen-bond acceptors (Lipinski definition) is 3. The van der Waals surface area contributed by atoms with E-state index in [1.165, 1.54) is 19.3 Å². The Labute approximate surface area is 117 Å². The zero-order valence-corrected chi connectivity index (χ0v) is 11.9. The zero-order chi connectivity index (χ0) is 12.8. The lowest BCUT2D eigenvalue weighted by Gasteiger charge is -2.23. The molecule has 0 bridgehead atoms. The lowest BCUT2D eigenvalue weighted by atomic mass is 9.95. The summed E-state index contributed by atoms with van der Waals surface area (Å²) in [7, 11) is 0. The van der Waals surface area contributed by atoms with Gasteiger partial charge in [-0.1, -0.05) is 37.5 Å². The molecule has 5 heteroatoms. The molecular weight excluding hydrogens is 264 g/mol. The molecule has 0 atom stereocenters. The van der Waals surface area contributed by atoms with Crippen molar-refractivity contribution in [2.24, 2.45) is 0 Å². The van der Waals surface area contributed by atoms with Gasteiger partial charge in [-0.15, -0.1) is 11.3 Å². The maximum absolute atomic E-state index is 11.8. The van der Waals surface area contributed by atoms with Crippen LogP contribution in [0.2, 0.25) is 0 Å². The Morgan fingerprint density at radius 2 is 2.17 bits per heavy atom. The van der Waals surface area contributed by atoms with Crippen LogP contribution in [-0.4, -0.2) is 16.9 Å². The molecule has 2 N–H and O–H groups in total. The highest BCUT2D eigenvalue weighted by Crippen LogP contribution is 2.17. The van der Waals surface area contributed by atoms with Crippen molar-refractivity contribution in [2.45, 2.75) is 44.7 Å². The van der Waals surface area contributed by atoms with Crippen molar-refractivity contribution in [3.8, 4) is 0 Å². The molecule has 0 spiro atoms. The highest BCUT2D eigenvalue weighted by molar-refractivity contribution is 7.82. The predicted octanol–water partition coefficient (Wildman–Crippen LogP) is 2.61. The van der Waals surface area contributed by atoms with E-state index in [0.717, 1.165) is 17.7 Å². The average molecular weight is 282 g/mol. The summed E-state index contributed by atoms with van der Waals surface area (Å²) in [5.41, 5.74) is 0. The summed E-state index contributed by atoms with van der Waals surface area (Å²) in [6.07, 6.45) is 6.01. The van der Waals surface area contributed by atoms with E-state index >= 15 is 0 Å². The van der Waals surface area contributed by atoms with Crippen LogP contribution in [0.15, 0.2) is 17.5 Å². The first-order valence-electron chi connectivity index (χ1n) is 6.37. The van der Waals surface area contributed by atoms with Crippen LogP contribution in [0.5, 0.6) is 0 Å². The molecule has 1 amide bonds. The largest absolute Gasteiger partial charge is 0.369 e. The van der Waals surface area contributed by atoms with Gasteiger partial charge in [0.25, 0.3) is 5.91 Å². The predicted molar refractivity (Wildman–Crippen MR) is 78.8 cm³/mol. The van der Waals surface area contributed by atoms with E-state index in [-0.39, 0.29) is 5.91 Å². The molecule has 98 valence electrons. The number of rotatable bonds is 3. The maximum atomic E-state index is 11.8. The van der Waals surface area contributed by atoms with Crippen LogP contribution in [0.3, 0.4) is 0 Å². The summed E-state index contributed by atoms with van der Waals surface area (Å²) in [5, 5.41) is 8.01. The van der Waals surface area contributed by atoms with Crippen molar-refractivity contribution < 1.29 is 4.79 Å². The fraction of sp³-hybridized carbons (Fsp3) is 0.538. The number of nitrogens with one attached hydrogen (secondary N) is 2. The van der Waals surface area contributed by atoms with E-state index in [4.69, 9.17) is 12.2 Å². The molecule has 2 rings (SSSR count). The third kappa shape index (κ3) is 4.07. The van der Waals surface area contributed by atoms with E-state index < -0.39 is 0 Å². The molecule has 0 aliphatic heterocycles. The van der Waals surface area contributed by atoms with Crippen molar-refractivity contribution in [1.29, 1.82) is 0 Å². The van der Waals surface area contributed by atoms with Gasteiger partial charge in [-0.3, -0.25) is 4.79 Å². The van der Waals surface area contributed by atoms with Crippen LogP contribution < -0.4 is 10.6 Å². The molecule has 0 aromatic carbocycles. The number of carbonyl (C=O) groups excluding carboxylic acids is 1. The van der Waals surface area contributed by atoms with E-state index in [0.29, 0.717) is 17.6 Å². The molecular formula is C13H18N2OS2. The fourth-order valence-electron chi connectivity index (χ4n) is 2.16. The molecule has 0 saturated heterocycles. The molecule has 18 heavy (non-hydrogen) atoms. The summed E-state index contributed by atoms with van der Waals surface area (Å²) in [6, 6.07) is 4.37. The van der Waals surface area contributed by atoms with Gasteiger partial charge in [-0.05, 0) is 24.3 Å². The van der Waals surface area contributed by atoms with Gasteiger partial charge in [0.05, 0.1) is 6.54 Å². The molecule has 1 aromatic heterocycles. The first-order chi connectivity index (χ1) is 8.75. The minimum absolute atomic E-state index is 0.163. The highest BCUT2D eigenvalue weighted by atomic mass is 32.1. The monoisotopic (exact) mass is 282 g/mol. The average Bonchev–Trinajstić information content (AvgIpc) is 2.90. The Morgan fingerprint density at radius 3 is 2.83 bits per heavy atom. The Morgan fingerprint density at radius 1 is 1.39 bits per heavy atom. The van der Waals surface area contributed by atoms with Crippen LogP contribution in [-0.2, 0) is 11.3 Å². The highest BCUT2D eigenvalue weighted by Gasteiger charge is 2.17. The van der Waals surface area contributed by atoms with Crippen molar-refractivity contribution in [1.82, 2.24) is 10.6 Å². The van der Waals surface area contributed by atoms with E-state index in [1.807, 2.05) is 17.5 Å². The Kier molecular flexibility index (Phi) is 5.13. The number of thiophene rings is 1. The number of amides is 1. The summed E-state index contributed by atoms with van der Waals surface area (Å²) in [6.45, 7) is 0.559. The normalized spacial score (nSPS) is 16.2. The number of thiocarbonyl (C=S) groups is 1. The van der Waals surface area contributed by atoms with Gasteiger partial charge in [-0.2, -0.15) is 0 Å². The molecule has 1 aliphatic rings. The quantitative estimate of drug-likeness (QED) is 0.837. The van der Waals surface area contributed by atoms with Gasteiger partial charge >= 0.3 is 0 Å². The molecule has 1 heterocycles. The lowest BCUT2D eigenvalue weighted by molar-refractivity contribution is -0.115. The van der Waals surface area contributed by atoms with Gasteiger partial charge in [-0.25, -0.2) is 0 Å². The molecule has 1 saturated carbocycles. The summed E-state index contributed by atoms with van der Waals surface area (Å²) < 4.78 is 0. The van der Waals surface area contributed by atoms with Crippen LogP contribution in [0, 0.1) is 0 Å². The first-order valence-corrected chi connectivity index (χ1v) is 7.65. The molecule has 1 aliphatic carbocycles. The topological polar surface area (TPSA) is 41.1 Å². The Hall–Kier alpha value is -0.940. The second kappa shape index (κ2) is 6.85. The van der Waals surface area contributed by atoms with E-state index in [2.05, 4.69) is 10.6 Å². The minimum atomic E-state index is -0.163.